The van der Waals surface area contributed by atoms with Gasteiger partial charge >= 0.3 is 0 Å². The Bertz CT molecular complexity index is 1070. The van der Waals surface area contributed by atoms with E-state index < -0.39 is 0 Å². The minimum atomic E-state index is 0.140. The quantitative estimate of drug-likeness (QED) is 0.603. The van der Waals surface area contributed by atoms with Crippen molar-refractivity contribution < 1.29 is 9.90 Å². The van der Waals surface area contributed by atoms with Gasteiger partial charge in [-0.15, -0.1) is 0 Å². The number of rotatable bonds is 7. The Morgan fingerprint density at radius 3 is 2.52 bits per heavy atom. The number of hydrogen-bond acceptors (Lipinski definition) is 4. The molecule has 5 rings (SSSR count). The normalized spacial score (nSPS) is 21.2. The molecule has 3 aromatic rings. The first-order valence-electron chi connectivity index (χ1n) is 12.0. The molecule has 2 aliphatic heterocycles. The van der Waals surface area contributed by atoms with Crippen LogP contribution < -0.4 is 0 Å². The molecule has 0 saturated carbocycles. The Morgan fingerprint density at radius 1 is 1.00 bits per heavy atom. The summed E-state index contributed by atoms with van der Waals surface area (Å²) in [7, 11) is 0. The lowest BCUT2D eigenvalue weighted by Crippen LogP contribution is -2.56. The molecule has 6 nitrogen and oxygen atoms in total. The average molecular weight is 445 g/mol. The number of nitrogens with zero attached hydrogens (tertiary/aromatic N) is 4. The SMILES string of the molecule is O=C1CC[C@H]2CN(Cc3cn(-c4ccccc4)nc3-c3ccccc3)CC[C@H]2N1CCCO. The van der Waals surface area contributed by atoms with Crippen LogP contribution in [0, 0.1) is 5.92 Å². The van der Waals surface area contributed by atoms with Crippen LogP contribution in [0.25, 0.3) is 16.9 Å². The van der Waals surface area contributed by atoms with Crippen LogP contribution >= 0.6 is 0 Å². The minimum absolute atomic E-state index is 0.140. The van der Waals surface area contributed by atoms with Gasteiger partial charge in [0, 0.05) is 62.6 Å². The van der Waals surface area contributed by atoms with Crippen molar-refractivity contribution in [3.63, 3.8) is 0 Å². The van der Waals surface area contributed by atoms with Crippen LogP contribution in [0.5, 0.6) is 0 Å². The van der Waals surface area contributed by atoms with Crippen LogP contribution in [0.3, 0.4) is 0 Å². The highest BCUT2D eigenvalue weighted by Crippen LogP contribution is 2.33. The van der Waals surface area contributed by atoms with E-state index >= 15 is 0 Å². The summed E-state index contributed by atoms with van der Waals surface area (Å²) in [5, 5.41) is 14.2. The molecule has 1 N–H and O–H groups in total. The molecule has 2 saturated heterocycles. The Morgan fingerprint density at radius 2 is 1.76 bits per heavy atom. The predicted molar refractivity (Wildman–Crippen MR) is 129 cm³/mol. The standard InChI is InChI=1S/C27H32N4O2/c32-17-7-15-30-25-14-16-29(18-22(25)12-13-26(30)33)19-23-20-31(24-10-5-2-6-11-24)28-27(23)21-8-3-1-4-9-21/h1-6,8-11,20,22,25,32H,7,12-19H2/t22-,25+/m0/s1. The number of hydrogen-bond donors (Lipinski definition) is 1. The zero-order chi connectivity index (χ0) is 22.6. The number of carbonyl (C=O) groups excluding carboxylic acids is 1. The van der Waals surface area contributed by atoms with Gasteiger partial charge in [0.05, 0.1) is 11.4 Å². The molecular formula is C27H32N4O2. The highest BCUT2D eigenvalue weighted by Gasteiger charge is 2.39. The summed E-state index contributed by atoms with van der Waals surface area (Å²) in [5.41, 5.74) is 4.46. The number of amides is 1. The summed E-state index contributed by atoms with van der Waals surface area (Å²) in [5.74, 6) is 0.758. The van der Waals surface area contributed by atoms with Crippen LogP contribution in [0.15, 0.2) is 66.9 Å². The number of aromatic nitrogens is 2. The molecular weight excluding hydrogens is 412 g/mol. The lowest BCUT2D eigenvalue weighted by molar-refractivity contribution is -0.141. The highest BCUT2D eigenvalue weighted by atomic mass is 16.3. The molecule has 3 heterocycles. The molecule has 2 aromatic carbocycles. The van der Waals surface area contributed by atoms with Crippen molar-refractivity contribution in [1.29, 1.82) is 0 Å². The number of piperidine rings is 2. The third kappa shape index (κ3) is 4.72. The lowest BCUT2D eigenvalue weighted by atomic mass is 9.83. The van der Waals surface area contributed by atoms with Crippen molar-refractivity contribution >= 4 is 5.91 Å². The largest absolute Gasteiger partial charge is 0.396 e. The fourth-order valence-electron chi connectivity index (χ4n) is 5.42. The maximum Gasteiger partial charge on any atom is 0.222 e. The molecule has 1 amide bonds. The minimum Gasteiger partial charge on any atom is -0.396 e. The molecule has 33 heavy (non-hydrogen) atoms. The molecule has 2 fully saturated rings. The van der Waals surface area contributed by atoms with Gasteiger partial charge in [0.15, 0.2) is 0 Å². The van der Waals surface area contributed by atoms with Crippen LogP contribution in [0.1, 0.15) is 31.2 Å². The van der Waals surface area contributed by atoms with E-state index in [1.165, 1.54) is 5.56 Å². The van der Waals surface area contributed by atoms with E-state index in [-0.39, 0.29) is 12.5 Å². The lowest BCUT2D eigenvalue weighted by Gasteiger charge is -2.47. The zero-order valence-corrected chi connectivity index (χ0v) is 19.0. The number of para-hydroxylation sites is 1. The van der Waals surface area contributed by atoms with Gasteiger partial charge in [-0.25, -0.2) is 4.68 Å². The van der Waals surface area contributed by atoms with Gasteiger partial charge in [0.25, 0.3) is 0 Å². The summed E-state index contributed by atoms with van der Waals surface area (Å²) in [4.78, 5) is 17.1. The van der Waals surface area contributed by atoms with Gasteiger partial charge < -0.3 is 10.0 Å². The first-order valence-corrected chi connectivity index (χ1v) is 12.0. The van der Waals surface area contributed by atoms with Crippen molar-refractivity contribution in [2.45, 2.75) is 38.3 Å². The molecule has 6 heteroatoms. The second kappa shape index (κ2) is 9.89. The second-order valence-corrected chi connectivity index (χ2v) is 9.20. The summed E-state index contributed by atoms with van der Waals surface area (Å²) in [6.07, 6.45) is 5.42. The van der Waals surface area contributed by atoms with E-state index in [2.05, 4.69) is 47.5 Å². The van der Waals surface area contributed by atoms with Crippen molar-refractivity contribution in [3.05, 3.63) is 72.4 Å². The number of likely N-dealkylation sites (tertiary alicyclic amines) is 2. The third-order valence-corrected chi connectivity index (χ3v) is 7.04. The first-order chi connectivity index (χ1) is 16.2. The molecule has 2 atom stereocenters. The third-order valence-electron chi connectivity index (χ3n) is 7.04. The van der Waals surface area contributed by atoms with Gasteiger partial charge in [-0.1, -0.05) is 48.5 Å². The van der Waals surface area contributed by atoms with Gasteiger partial charge in [-0.05, 0) is 37.3 Å². The van der Waals surface area contributed by atoms with E-state index in [0.29, 0.717) is 31.3 Å². The number of aliphatic hydroxyl groups is 1. The molecule has 172 valence electrons. The maximum atomic E-state index is 12.5. The molecule has 0 radical (unpaired) electrons. The summed E-state index contributed by atoms with van der Waals surface area (Å²) in [6, 6.07) is 21.0. The maximum absolute atomic E-state index is 12.5. The molecule has 0 aliphatic carbocycles. The van der Waals surface area contributed by atoms with Crippen LogP contribution in [0.4, 0.5) is 0 Å². The van der Waals surface area contributed by atoms with Crippen LogP contribution in [-0.4, -0.2) is 62.9 Å². The smallest absolute Gasteiger partial charge is 0.222 e. The molecule has 0 unspecified atom stereocenters. The van der Waals surface area contributed by atoms with Crippen molar-refractivity contribution in [2.24, 2.45) is 5.92 Å². The Hall–Kier alpha value is -2.96. The summed E-state index contributed by atoms with van der Waals surface area (Å²) in [6.45, 7) is 3.64. The van der Waals surface area contributed by atoms with Gasteiger partial charge in [0.2, 0.25) is 5.91 Å². The molecule has 0 bridgehead atoms. The number of aliphatic hydroxyl groups excluding tert-OH is 1. The Labute approximate surface area is 195 Å². The van der Waals surface area contributed by atoms with Crippen molar-refractivity contribution in [2.75, 3.05) is 26.2 Å². The molecule has 0 spiro atoms. The Balaban J connectivity index is 1.36. The number of fused-ring (bicyclic) bond motifs is 1. The van der Waals surface area contributed by atoms with Crippen molar-refractivity contribution in [3.8, 4) is 16.9 Å². The Kier molecular flexibility index (Phi) is 6.55. The highest BCUT2D eigenvalue weighted by molar-refractivity contribution is 5.77. The fraction of sp³-hybridized carbons (Fsp3) is 0.407. The van der Waals surface area contributed by atoms with Gasteiger partial charge in [-0.2, -0.15) is 5.10 Å². The summed E-state index contributed by atoms with van der Waals surface area (Å²) < 4.78 is 1.99. The van der Waals surface area contributed by atoms with E-state index in [1.54, 1.807) is 0 Å². The van der Waals surface area contributed by atoms with E-state index in [4.69, 9.17) is 5.10 Å². The van der Waals surface area contributed by atoms with Crippen molar-refractivity contribution in [1.82, 2.24) is 19.6 Å². The zero-order valence-electron chi connectivity index (χ0n) is 19.0. The van der Waals surface area contributed by atoms with E-state index in [0.717, 1.165) is 49.4 Å². The predicted octanol–water partition coefficient (Wildman–Crippen LogP) is 3.73. The number of benzene rings is 2. The fourth-order valence-corrected chi connectivity index (χ4v) is 5.42. The second-order valence-electron chi connectivity index (χ2n) is 9.20. The van der Waals surface area contributed by atoms with Gasteiger partial charge in [-0.3, -0.25) is 9.69 Å². The van der Waals surface area contributed by atoms with Crippen LogP contribution in [-0.2, 0) is 11.3 Å². The molecule has 2 aliphatic rings. The van der Waals surface area contributed by atoms with Crippen LogP contribution in [0.2, 0.25) is 0 Å². The number of carbonyl (C=O) groups is 1. The monoisotopic (exact) mass is 444 g/mol. The first kappa shape index (κ1) is 21.9. The van der Waals surface area contributed by atoms with E-state index in [9.17, 15) is 9.90 Å². The van der Waals surface area contributed by atoms with E-state index in [1.807, 2.05) is 33.8 Å². The topological polar surface area (TPSA) is 61.6 Å². The summed E-state index contributed by atoms with van der Waals surface area (Å²) >= 11 is 0. The average Bonchev–Trinajstić information content (AvgIpc) is 3.28. The van der Waals surface area contributed by atoms with Gasteiger partial charge in [0.1, 0.15) is 0 Å². The molecule has 1 aromatic heterocycles.